The van der Waals surface area contributed by atoms with Crippen LogP contribution in [0.4, 0.5) is 0 Å². The summed E-state index contributed by atoms with van der Waals surface area (Å²) in [7, 11) is 9.81. The summed E-state index contributed by atoms with van der Waals surface area (Å²) in [6.45, 7) is 0. The maximum atomic E-state index is 4.90. The molecule has 0 aliphatic carbocycles. The van der Waals surface area contributed by atoms with Crippen LogP contribution in [0.5, 0.6) is 0 Å². The Hall–Kier alpha value is 0.714. The molecular weight excluding hydrogens is 96.6 g/mol. The second-order valence-electron chi connectivity index (χ2n) is 0.577. The fourth-order valence-corrected chi connectivity index (χ4v) is 0. The molecule has 0 saturated heterocycles. The van der Waals surface area contributed by atoms with Gasteiger partial charge in [0.1, 0.15) is 0 Å². The predicted molar refractivity (Wildman–Crippen MR) is 21.1 cm³/mol. The minimum Gasteiger partial charge on any atom is -0.0962 e. The summed E-state index contributed by atoms with van der Waals surface area (Å²) in [6, 6.07) is 0. The molecule has 0 aromatic carbocycles. The van der Waals surface area contributed by atoms with Gasteiger partial charge in [-0.05, 0) is 0 Å². The zero-order valence-electron chi connectivity index (χ0n) is 3.02. The predicted octanol–water partition coefficient (Wildman–Crippen LogP) is 0.157. The summed E-state index contributed by atoms with van der Waals surface area (Å²) in [6.07, 6.45) is 1.19. The van der Waals surface area contributed by atoms with Gasteiger partial charge in [-0.2, -0.15) is 0 Å². The quantitative estimate of drug-likeness (QED) is 0.412. The van der Waals surface area contributed by atoms with E-state index in [1.807, 2.05) is 0 Å². The summed E-state index contributed by atoms with van der Waals surface area (Å²) < 4.78 is 0. The van der Waals surface area contributed by atoms with Crippen LogP contribution in [0.1, 0.15) is 0 Å². The van der Waals surface area contributed by atoms with Gasteiger partial charge in [0.25, 0.3) is 0 Å². The zero-order valence-corrected chi connectivity index (χ0v) is 4.41. The molecule has 0 spiro atoms. The first kappa shape index (κ1) is 9.21. The van der Waals surface area contributed by atoms with Gasteiger partial charge in [-0.3, -0.25) is 0 Å². The van der Waals surface area contributed by atoms with Crippen LogP contribution in [0.15, 0.2) is 0 Å². The van der Waals surface area contributed by atoms with Crippen LogP contribution in [0.2, 0.25) is 12.6 Å². The maximum absolute atomic E-state index is 4.90. The van der Waals surface area contributed by atoms with Gasteiger partial charge in [-0.25, -0.2) is 0 Å². The molecule has 0 aromatic rings. The molecule has 0 N–H and O–H groups in total. The van der Waals surface area contributed by atoms with Gasteiger partial charge >= 0.3 is 0 Å². The van der Waals surface area contributed by atoms with Crippen LogP contribution >= 0.6 is 0 Å². The standard InChI is InChI=1S/C2H4B2.V/c3-1-2-4;/h1-2H2;. The first-order chi connectivity index (χ1) is 1.91. The van der Waals surface area contributed by atoms with E-state index in [-0.39, 0.29) is 18.6 Å². The zero-order chi connectivity index (χ0) is 3.41. The van der Waals surface area contributed by atoms with Crippen molar-refractivity contribution in [3.63, 3.8) is 0 Å². The average Bonchev–Trinajstić information content (AvgIpc) is 1.37. The van der Waals surface area contributed by atoms with Gasteiger partial charge in [0.2, 0.25) is 0 Å². The molecule has 0 fully saturated rings. The Bertz CT molecular complexity index is 9.61. The topological polar surface area (TPSA) is 0 Å². The Morgan fingerprint density at radius 3 is 1.20 bits per heavy atom. The minimum atomic E-state index is 0. The Balaban J connectivity index is 0. The molecule has 0 unspecified atom stereocenters. The van der Waals surface area contributed by atoms with Crippen LogP contribution in [-0.2, 0) is 18.6 Å². The van der Waals surface area contributed by atoms with E-state index in [2.05, 4.69) is 0 Å². The molecule has 0 aliphatic rings. The maximum Gasteiger partial charge on any atom is 0.0643 e. The first-order valence-electron chi connectivity index (χ1n) is 1.32. The van der Waals surface area contributed by atoms with Crippen molar-refractivity contribution in [3.05, 3.63) is 0 Å². The van der Waals surface area contributed by atoms with Crippen molar-refractivity contribution in [2.75, 3.05) is 0 Å². The van der Waals surface area contributed by atoms with E-state index in [1.165, 1.54) is 0 Å². The Kier molecular flexibility index (Phi) is 16.3. The minimum absolute atomic E-state index is 0. The SMILES string of the molecule is [B]CC[B].[V]. The summed E-state index contributed by atoms with van der Waals surface area (Å²) >= 11 is 0. The molecule has 5 heavy (non-hydrogen) atoms. The molecule has 23 valence electrons. The van der Waals surface area contributed by atoms with Crippen LogP contribution in [0.25, 0.3) is 0 Å². The molecule has 0 atom stereocenters. The van der Waals surface area contributed by atoms with E-state index in [4.69, 9.17) is 15.7 Å². The Morgan fingerprint density at radius 1 is 1.00 bits per heavy atom. The second kappa shape index (κ2) is 8.83. The Morgan fingerprint density at radius 2 is 1.20 bits per heavy atom. The molecule has 0 saturated carbocycles. The largest absolute Gasteiger partial charge is 0.0962 e. The summed E-state index contributed by atoms with van der Waals surface area (Å²) in [5, 5.41) is 0. The monoisotopic (exact) mass is 101 g/mol. The van der Waals surface area contributed by atoms with Crippen LogP contribution in [0, 0.1) is 0 Å². The van der Waals surface area contributed by atoms with Crippen molar-refractivity contribution in [2.24, 2.45) is 0 Å². The molecule has 3 heteroatoms. The van der Waals surface area contributed by atoms with E-state index in [0.29, 0.717) is 12.6 Å². The van der Waals surface area contributed by atoms with E-state index < -0.39 is 0 Å². The van der Waals surface area contributed by atoms with Gasteiger partial charge in [-0.1, -0.05) is 12.6 Å². The van der Waals surface area contributed by atoms with Crippen molar-refractivity contribution in [3.8, 4) is 0 Å². The number of hydrogen-bond acceptors (Lipinski definition) is 0. The summed E-state index contributed by atoms with van der Waals surface area (Å²) in [5.41, 5.74) is 0. The fraction of sp³-hybridized carbons (Fsp3) is 1.00. The average molecular weight is 101 g/mol. The van der Waals surface area contributed by atoms with Crippen molar-refractivity contribution < 1.29 is 18.6 Å². The molecule has 0 bridgehead atoms. The van der Waals surface area contributed by atoms with Gasteiger partial charge in [0.05, 0.1) is 15.7 Å². The number of hydrogen-bond donors (Lipinski definition) is 0. The summed E-state index contributed by atoms with van der Waals surface area (Å²) in [5.74, 6) is 0. The van der Waals surface area contributed by atoms with Gasteiger partial charge in [0, 0.05) is 18.6 Å². The van der Waals surface area contributed by atoms with Crippen LogP contribution in [0.3, 0.4) is 0 Å². The van der Waals surface area contributed by atoms with Gasteiger partial charge < -0.3 is 0 Å². The van der Waals surface area contributed by atoms with Crippen molar-refractivity contribution in [1.82, 2.24) is 0 Å². The molecule has 0 nitrogen and oxygen atoms in total. The molecule has 0 aliphatic heterocycles. The van der Waals surface area contributed by atoms with Gasteiger partial charge in [0.15, 0.2) is 0 Å². The van der Waals surface area contributed by atoms with Crippen molar-refractivity contribution >= 4 is 15.7 Å². The fourth-order valence-electron chi connectivity index (χ4n) is 0. The third kappa shape index (κ3) is 11.8. The van der Waals surface area contributed by atoms with E-state index in [1.54, 1.807) is 0 Å². The summed E-state index contributed by atoms with van der Waals surface area (Å²) in [4.78, 5) is 0. The molecule has 5 radical (unpaired) electrons. The smallest absolute Gasteiger partial charge is 0.0643 e. The second-order valence-corrected chi connectivity index (χ2v) is 0.577. The number of rotatable bonds is 1. The Labute approximate surface area is 47.4 Å². The van der Waals surface area contributed by atoms with E-state index in [9.17, 15) is 0 Å². The third-order valence-corrected chi connectivity index (χ3v) is 0.167. The molecule has 0 rings (SSSR count). The van der Waals surface area contributed by atoms with Crippen LogP contribution < -0.4 is 0 Å². The third-order valence-electron chi connectivity index (χ3n) is 0.167. The van der Waals surface area contributed by atoms with Crippen molar-refractivity contribution in [2.45, 2.75) is 12.6 Å². The molecule has 0 amide bonds. The van der Waals surface area contributed by atoms with Crippen molar-refractivity contribution in [1.29, 1.82) is 0 Å². The first-order valence-corrected chi connectivity index (χ1v) is 1.32. The van der Waals surface area contributed by atoms with E-state index in [0.717, 1.165) is 0 Å². The van der Waals surface area contributed by atoms with Crippen LogP contribution in [-0.4, -0.2) is 15.7 Å². The van der Waals surface area contributed by atoms with Gasteiger partial charge in [-0.15, -0.1) is 0 Å². The molecule has 0 aromatic heterocycles. The van der Waals surface area contributed by atoms with E-state index >= 15 is 0 Å². The molecular formula is C2H4B2V. The normalized spacial score (nSPS) is 5.60. The molecule has 0 heterocycles.